The summed E-state index contributed by atoms with van der Waals surface area (Å²) in [5, 5.41) is 23.0. The Hall–Kier alpha value is 0.390. The number of hydrogen-bond donors (Lipinski definition) is 2. The van der Waals surface area contributed by atoms with Gasteiger partial charge in [0.2, 0.25) is 0 Å². The van der Waals surface area contributed by atoms with Crippen LogP contribution in [0.25, 0.3) is 0 Å². The number of hydrogen-bond acceptors (Lipinski definition) is 4. The first-order chi connectivity index (χ1) is 6.33. The average Bonchev–Trinajstić information content (AvgIpc) is 2.17. The van der Waals surface area contributed by atoms with Crippen molar-refractivity contribution in [3.63, 3.8) is 0 Å². The van der Waals surface area contributed by atoms with E-state index in [0.717, 1.165) is 0 Å². The summed E-state index contributed by atoms with van der Waals surface area (Å²) >= 11 is 0. The third-order valence-electron chi connectivity index (χ3n) is 2.86. The fourth-order valence-electron chi connectivity index (χ4n) is 1.19. The molecule has 0 saturated carbocycles. The van der Waals surface area contributed by atoms with Gasteiger partial charge in [-0.15, -0.1) is 0 Å². The first kappa shape index (κ1) is 17.8. The van der Waals surface area contributed by atoms with Gasteiger partial charge in [0.05, 0.1) is 18.1 Å². The molecule has 0 bridgehead atoms. The van der Waals surface area contributed by atoms with Crippen molar-refractivity contribution in [1.82, 2.24) is 5.32 Å². The van der Waals surface area contributed by atoms with Crippen LogP contribution in [-0.4, -0.2) is 28.8 Å². The molecular formula is C10H20NNaO3. The summed E-state index contributed by atoms with van der Waals surface area (Å²) < 4.78 is 0. The largest absolute Gasteiger partial charge is 1.00 e. The molecule has 0 aromatic carbocycles. The SMILES string of the molecule is CCC(C)(CO)NC(C)(CC)C(=O)[O-].[Na+]. The van der Waals surface area contributed by atoms with Crippen molar-refractivity contribution in [3.8, 4) is 0 Å². The Morgan fingerprint density at radius 3 is 2.00 bits per heavy atom. The third-order valence-corrected chi connectivity index (χ3v) is 2.86. The monoisotopic (exact) mass is 225 g/mol. The molecule has 0 aliphatic heterocycles. The molecule has 15 heavy (non-hydrogen) atoms. The smallest absolute Gasteiger partial charge is 0.548 e. The number of carboxylic acid groups (broad SMARTS) is 1. The quantitative estimate of drug-likeness (QED) is 0.464. The summed E-state index contributed by atoms with van der Waals surface area (Å²) in [4.78, 5) is 10.9. The van der Waals surface area contributed by atoms with Crippen LogP contribution in [0.15, 0.2) is 0 Å². The van der Waals surface area contributed by atoms with Crippen LogP contribution in [0, 0.1) is 0 Å². The van der Waals surface area contributed by atoms with Crippen molar-refractivity contribution in [1.29, 1.82) is 0 Å². The van der Waals surface area contributed by atoms with Gasteiger partial charge in [0.25, 0.3) is 0 Å². The zero-order chi connectivity index (χ0) is 11.4. The minimum Gasteiger partial charge on any atom is -0.548 e. The van der Waals surface area contributed by atoms with E-state index in [1.807, 2.05) is 6.92 Å². The van der Waals surface area contributed by atoms with Crippen molar-refractivity contribution in [2.45, 2.75) is 51.6 Å². The topological polar surface area (TPSA) is 72.4 Å². The third kappa shape index (κ3) is 4.83. The maximum Gasteiger partial charge on any atom is 1.00 e. The Morgan fingerprint density at radius 2 is 1.80 bits per heavy atom. The van der Waals surface area contributed by atoms with Gasteiger partial charge in [-0.25, -0.2) is 0 Å². The van der Waals surface area contributed by atoms with Gasteiger partial charge in [-0.05, 0) is 26.7 Å². The van der Waals surface area contributed by atoms with Crippen LogP contribution in [0.4, 0.5) is 0 Å². The van der Waals surface area contributed by atoms with Gasteiger partial charge in [-0.2, -0.15) is 0 Å². The van der Waals surface area contributed by atoms with E-state index in [9.17, 15) is 9.90 Å². The molecule has 2 N–H and O–H groups in total. The Labute approximate surface area is 114 Å². The molecule has 0 aromatic rings. The van der Waals surface area contributed by atoms with E-state index in [4.69, 9.17) is 5.11 Å². The van der Waals surface area contributed by atoms with Crippen molar-refractivity contribution in [3.05, 3.63) is 0 Å². The molecule has 0 heterocycles. The minimum absolute atomic E-state index is 0. The number of carboxylic acids is 1. The zero-order valence-corrected chi connectivity index (χ0v) is 12.4. The van der Waals surface area contributed by atoms with Crippen molar-refractivity contribution >= 4 is 5.97 Å². The summed E-state index contributed by atoms with van der Waals surface area (Å²) in [5.41, 5.74) is -1.64. The van der Waals surface area contributed by atoms with Gasteiger partial charge in [0.1, 0.15) is 0 Å². The van der Waals surface area contributed by atoms with Gasteiger partial charge < -0.3 is 15.0 Å². The first-order valence-electron chi connectivity index (χ1n) is 4.95. The number of aliphatic carboxylic acids is 1. The van der Waals surface area contributed by atoms with Gasteiger partial charge >= 0.3 is 29.6 Å². The Morgan fingerprint density at radius 1 is 1.33 bits per heavy atom. The predicted octanol–water partition coefficient (Wildman–Crippen LogP) is -3.34. The molecule has 0 aromatic heterocycles. The minimum atomic E-state index is -1.13. The van der Waals surface area contributed by atoms with E-state index in [-0.39, 0.29) is 36.2 Å². The fourth-order valence-corrected chi connectivity index (χ4v) is 1.19. The summed E-state index contributed by atoms with van der Waals surface area (Å²) in [6, 6.07) is 0. The number of aliphatic hydroxyl groups excluding tert-OH is 1. The molecule has 0 radical (unpaired) electrons. The van der Waals surface area contributed by atoms with Gasteiger partial charge in [0.15, 0.2) is 0 Å². The Kier molecular flexibility index (Phi) is 8.13. The maximum atomic E-state index is 10.9. The number of rotatable bonds is 6. The summed E-state index contributed by atoms with van der Waals surface area (Å²) in [6.45, 7) is 6.95. The predicted molar refractivity (Wildman–Crippen MR) is 52.6 cm³/mol. The number of aliphatic hydroxyl groups is 1. The Balaban J connectivity index is 0. The fraction of sp³-hybridized carbons (Fsp3) is 0.900. The van der Waals surface area contributed by atoms with E-state index in [2.05, 4.69) is 5.32 Å². The van der Waals surface area contributed by atoms with Gasteiger partial charge in [0, 0.05) is 5.54 Å². The van der Waals surface area contributed by atoms with E-state index in [1.54, 1.807) is 20.8 Å². The molecule has 0 spiro atoms. The summed E-state index contributed by atoms with van der Waals surface area (Å²) in [6.07, 6.45) is 1.08. The first-order valence-corrected chi connectivity index (χ1v) is 4.95. The Bertz CT molecular complexity index is 207. The molecule has 84 valence electrons. The van der Waals surface area contributed by atoms with Gasteiger partial charge in [-0.3, -0.25) is 5.32 Å². The average molecular weight is 225 g/mol. The molecule has 4 nitrogen and oxygen atoms in total. The van der Waals surface area contributed by atoms with E-state index >= 15 is 0 Å². The van der Waals surface area contributed by atoms with Crippen LogP contribution in [0.1, 0.15) is 40.5 Å². The molecule has 0 saturated heterocycles. The van der Waals surface area contributed by atoms with Crippen molar-refractivity contribution < 1.29 is 44.6 Å². The molecule has 0 rings (SSSR count). The van der Waals surface area contributed by atoms with Crippen LogP contribution >= 0.6 is 0 Å². The number of carbonyl (C=O) groups is 1. The van der Waals surface area contributed by atoms with Gasteiger partial charge in [-0.1, -0.05) is 13.8 Å². The molecule has 0 aliphatic carbocycles. The summed E-state index contributed by atoms with van der Waals surface area (Å²) in [7, 11) is 0. The standard InChI is InChI=1S/C10H21NO3.Na/c1-5-9(3,7-12)11-10(4,6-2)8(13)14;/h11-12H,5-7H2,1-4H3,(H,13,14);/q;+1/p-1. The molecule has 0 fully saturated rings. The van der Waals surface area contributed by atoms with Crippen molar-refractivity contribution in [2.75, 3.05) is 6.61 Å². The molecule has 0 amide bonds. The summed E-state index contributed by atoms with van der Waals surface area (Å²) in [5.74, 6) is -1.13. The molecule has 0 aliphatic rings. The molecule has 2 atom stereocenters. The van der Waals surface area contributed by atoms with E-state index in [0.29, 0.717) is 12.8 Å². The second-order valence-electron chi connectivity index (χ2n) is 4.17. The maximum absolute atomic E-state index is 10.9. The van der Waals surface area contributed by atoms with Crippen LogP contribution < -0.4 is 40.0 Å². The normalized spacial score (nSPS) is 18.5. The molecule has 5 heteroatoms. The van der Waals surface area contributed by atoms with Crippen molar-refractivity contribution in [2.24, 2.45) is 0 Å². The number of nitrogens with one attached hydrogen (secondary N) is 1. The van der Waals surface area contributed by atoms with E-state index in [1.165, 1.54) is 0 Å². The zero-order valence-electron chi connectivity index (χ0n) is 10.4. The number of carbonyl (C=O) groups excluding carboxylic acids is 1. The van der Waals surface area contributed by atoms with Crippen LogP contribution in [0.2, 0.25) is 0 Å². The second-order valence-corrected chi connectivity index (χ2v) is 4.17. The molecular weight excluding hydrogens is 205 g/mol. The second kappa shape index (κ2) is 6.86. The van der Waals surface area contributed by atoms with Crippen LogP contribution in [0.5, 0.6) is 0 Å². The van der Waals surface area contributed by atoms with Crippen LogP contribution in [0.3, 0.4) is 0 Å². The molecule has 2 unspecified atom stereocenters. The van der Waals surface area contributed by atoms with Crippen LogP contribution in [-0.2, 0) is 4.79 Å². The van der Waals surface area contributed by atoms with E-state index < -0.39 is 17.0 Å².